The molecule has 7 nitrogen and oxygen atoms in total. The smallest absolute Gasteiger partial charge is 0.406 e. The Hall–Kier alpha value is -3.47. The molecule has 0 atom stereocenters. The van der Waals surface area contributed by atoms with Crippen LogP contribution in [0.1, 0.15) is 5.56 Å². The Morgan fingerprint density at radius 3 is 2.40 bits per heavy atom. The van der Waals surface area contributed by atoms with E-state index in [4.69, 9.17) is 12.2 Å². The Bertz CT molecular complexity index is 1030. The van der Waals surface area contributed by atoms with Gasteiger partial charge in [-0.1, -0.05) is 24.3 Å². The van der Waals surface area contributed by atoms with Crippen LogP contribution < -0.4 is 10.2 Å². The molecule has 0 aliphatic carbocycles. The predicted molar refractivity (Wildman–Crippen MR) is 110 cm³/mol. The fourth-order valence-electron chi connectivity index (χ4n) is 2.30. The molecule has 2 aromatic carbocycles. The number of hydrogen-bond acceptors (Lipinski definition) is 5. The van der Waals surface area contributed by atoms with Crippen molar-refractivity contribution in [3.63, 3.8) is 0 Å². The van der Waals surface area contributed by atoms with E-state index in [0.717, 1.165) is 11.1 Å². The van der Waals surface area contributed by atoms with E-state index < -0.39 is 6.36 Å². The third-order valence-electron chi connectivity index (χ3n) is 3.78. The summed E-state index contributed by atoms with van der Waals surface area (Å²) in [6.07, 6.45) is -1.61. The molecule has 1 heterocycles. The molecule has 1 aromatic heterocycles. The monoisotopic (exact) mass is 434 g/mol. The van der Waals surface area contributed by atoms with Gasteiger partial charge in [-0.3, -0.25) is 5.43 Å². The molecular formula is C19H17F3N6OS. The number of halogens is 3. The number of benzene rings is 2. The van der Waals surface area contributed by atoms with Crippen molar-refractivity contribution in [2.75, 3.05) is 14.1 Å². The van der Waals surface area contributed by atoms with Crippen LogP contribution >= 0.6 is 12.2 Å². The number of nitrogens with zero attached hydrogens (tertiary/aromatic N) is 5. The van der Waals surface area contributed by atoms with Gasteiger partial charge in [-0.15, -0.1) is 18.3 Å². The molecule has 30 heavy (non-hydrogen) atoms. The van der Waals surface area contributed by atoms with Crippen LogP contribution in [-0.2, 0) is 0 Å². The Kier molecular flexibility index (Phi) is 6.31. The van der Waals surface area contributed by atoms with Gasteiger partial charge in [0, 0.05) is 19.7 Å². The van der Waals surface area contributed by atoms with Gasteiger partial charge >= 0.3 is 6.36 Å². The van der Waals surface area contributed by atoms with Gasteiger partial charge < -0.3 is 9.64 Å². The molecule has 0 unspecified atom stereocenters. The zero-order valence-corrected chi connectivity index (χ0v) is 16.8. The maximum Gasteiger partial charge on any atom is 0.573 e. The van der Waals surface area contributed by atoms with E-state index >= 15 is 0 Å². The van der Waals surface area contributed by atoms with Gasteiger partial charge in [0.2, 0.25) is 0 Å². The average molecular weight is 434 g/mol. The summed E-state index contributed by atoms with van der Waals surface area (Å²) in [5, 5.41) is 8.92. The third kappa shape index (κ3) is 5.77. The molecule has 0 radical (unpaired) electrons. The molecule has 0 saturated carbocycles. The lowest BCUT2D eigenvalue weighted by molar-refractivity contribution is -0.274. The summed E-state index contributed by atoms with van der Waals surface area (Å²) in [7, 11) is 3.63. The molecule has 3 aromatic rings. The molecule has 0 spiro atoms. The minimum atomic E-state index is -4.73. The number of rotatable bonds is 5. The van der Waals surface area contributed by atoms with E-state index in [9.17, 15) is 13.2 Å². The highest BCUT2D eigenvalue weighted by atomic mass is 32.1. The summed E-state index contributed by atoms with van der Waals surface area (Å²) in [6.45, 7) is 0. The Morgan fingerprint density at radius 2 is 1.80 bits per heavy atom. The molecule has 0 aliphatic heterocycles. The van der Waals surface area contributed by atoms with Crippen LogP contribution in [0.5, 0.6) is 5.75 Å². The normalized spacial score (nSPS) is 11.5. The van der Waals surface area contributed by atoms with Crippen molar-refractivity contribution in [2.24, 2.45) is 5.10 Å². The van der Waals surface area contributed by atoms with Gasteiger partial charge in [0.15, 0.2) is 10.9 Å². The molecule has 0 fully saturated rings. The Morgan fingerprint density at radius 1 is 1.13 bits per heavy atom. The number of hydrazone groups is 1. The molecule has 156 valence electrons. The first-order chi connectivity index (χ1) is 14.2. The summed E-state index contributed by atoms with van der Waals surface area (Å²) < 4.78 is 42.1. The number of alkyl halides is 3. The van der Waals surface area contributed by atoms with Crippen molar-refractivity contribution in [3.05, 3.63) is 60.4 Å². The SMILES string of the molecule is CN(C)C(=S)N/N=C/c1ccc(-c2ncn(-c3ccc(OC(F)(F)F)cc3)n2)cc1. The average Bonchev–Trinajstić information content (AvgIpc) is 3.18. The van der Waals surface area contributed by atoms with E-state index in [2.05, 4.69) is 25.3 Å². The molecule has 0 amide bonds. The van der Waals surface area contributed by atoms with E-state index in [0.29, 0.717) is 16.6 Å². The fourth-order valence-corrected chi connectivity index (χ4v) is 2.35. The minimum Gasteiger partial charge on any atom is -0.406 e. The van der Waals surface area contributed by atoms with Crippen molar-refractivity contribution < 1.29 is 17.9 Å². The van der Waals surface area contributed by atoms with Crippen LogP contribution in [0.2, 0.25) is 0 Å². The lowest BCUT2D eigenvalue weighted by atomic mass is 10.1. The van der Waals surface area contributed by atoms with E-state index in [1.807, 2.05) is 38.4 Å². The van der Waals surface area contributed by atoms with Crippen LogP contribution in [0.4, 0.5) is 13.2 Å². The van der Waals surface area contributed by atoms with E-state index in [1.54, 1.807) is 11.1 Å². The number of hydrogen-bond donors (Lipinski definition) is 1. The number of nitrogens with one attached hydrogen (secondary N) is 1. The minimum absolute atomic E-state index is 0.301. The maximum atomic E-state index is 12.3. The second-order valence-electron chi connectivity index (χ2n) is 6.25. The van der Waals surface area contributed by atoms with E-state index in [-0.39, 0.29) is 5.75 Å². The molecule has 0 saturated heterocycles. The lowest BCUT2D eigenvalue weighted by Gasteiger charge is -2.11. The van der Waals surface area contributed by atoms with E-state index in [1.165, 1.54) is 35.3 Å². The molecule has 11 heteroatoms. The topological polar surface area (TPSA) is 67.6 Å². The highest BCUT2D eigenvalue weighted by Gasteiger charge is 2.30. The first-order valence-electron chi connectivity index (χ1n) is 8.60. The summed E-state index contributed by atoms with van der Waals surface area (Å²) >= 11 is 5.08. The van der Waals surface area contributed by atoms with Crippen LogP contribution in [0.15, 0.2) is 60.0 Å². The van der Waals surface area contributed by atoms with Gasteiger partial charge in [0.25, 0.3) is 0 Å². The number of aromatic nitrogens is 3. The Balaban J connectivity index is 1.67. The summed E-state index contributed by atoms with van der Waals surface area (Å²) in [6, 6.07) is 12.7. The van der Waals surface area contributed by atoms with Crippen molar-refractivity contribution in [2.45, 2.75) is 6.36 Å². The highest BCUT2D eigenvalue weighted by Crippen LogP contribution is 2.24. The van der Waals surface area contributed by atoms with Crippen LogP contribution in [0.3, 0.4) is 0 Å². The molecule has 1 N–H and O–H groups in total. The van der Waals surface area contributed by atoms with Gasteiger partial charge in [0.1, 0.15) is 12.1 Å². The second kappa shape index (κ2) is 8.91. The fraction of sp³-hybridized carbons (Fsp3) is 0.158. The molecule has 0 aliphatic rings. The van der Waals surface area contributed by atoms with Crippen molar-refractivity contribution in [1.29, 1.82) is 0 Å². The zero-order chi connectivity index (χ0) is 21.7. The molecular weight excluding hydrogens is 417 g/mol. The third-order valence-corrected chi connectivity index (χ3v) is 4.23. The lowest BCUT2D eigenvalue weighted by Crippen LogP contribution is -2.30. The summed E-state index contributed by atoms with van der Waals surface area (Å²) in [4.78, 5) is 5.98. The first-order valence-corrected chi connectivity index (χ1v) is 9.01. The predicted octanol–water partition coefficient (Wildman–Crippen LogP) is 3.60. The second-order valence-corrected chi connectivity index (χ2v) is 6.63. The van der Waals surface area contributed by atoms with Crippen molar-refractivity contribution in [1.82, 2.24) is 25.1 Å². The Labute approximate surface area is 175 Å². The quantitative estimate of drug-likeness (QED) is 0.376. The van der Waals surface area contributed by atoms with Crippen molar-refractivity contribution in [3.8, 4) is 22.8 Å². The number of thiocarbonyl (C=S) groups is 1. The van der Waals surface area contributed by atoms with Gasteiger partial charge in [-0.2, -0.15) is 5.10 Å². The van der Waals surface area contributed by atoms with Gasteiger partial charge in [-0.25, -0.2) is 9.67 Å². The molecule has 0 bridgehead atoms. The van der Waals surface area contributed by atoms with Gasteiger partial charge in [0.05, 0.1) is 11.9 Å². The zero-order valence-electron chi connectivity index (χ0n) is 16.0. The molecule has 3 rings (SSSR count). The van der Waals surface area contributed by atoms with Gasteiger partial charge in [-0.05, 0) is 42.0 Å². The standard InChI is InChI=1S/C19H17F3N6OS/c1-27(2)18(30)25-24-11-13-3-5-14(6-4-13)17-23-12-28(26-17)15-7-9-16(10-8-15)29-19(20,21)22/h3-12H,1-2H3,(H,25,30)/b24-11+. The number of ether oxygens (including phenoxy) is 1. The maximum absolute atomic E-state index is 12.3. The van der Waals surface area contributed by atoms with Crippen LogP contribution in [-0.4, -0.2) is 51.4 Å². The van der Waals surface area contributed by atoms with Crippen LogP contribution in [0.25, 0.3) is 17.1 Å². The summed E-state index contributed by atoms with van der Waals surface area (Å²) in [5.74, 6) is 0.172. The van der Waals surface area contributed by atoms with Crippen LogP contribution in [0, 0.1) is 0 Å². The summed E-state index contributed by atoms with van der Waals surface area (Å²) in [5.41, 5.74) is 4.92. The highest BCUT2D eigenvalue weighted by molar-refractivity contribution is 7.80. The largest absolute Gasteiger partial charge is 0.573 e. The van der Waals surface area contributed by atoms with Crippen molar-refractivity contribution >= 4 is 23.5 Å². The first kappa shape index (κ1) is 21.2.